The average molecular weight is 271 g/mol. The molecule has 3 nitrogen and oxygen atoms in total. The van der Waals surface area contributed by atoms with Crippen molar-refractivity contribution in [2.75, 3.05) is 10.8 Å². The Kier molecular flexibility index (Phi) is 3.17. The Morgan fingerprint density at radius 1 is 1.16 bits per heavy atom. The molecule has 0 spiro atoms. The highest BCUT2D eigenvalue weighted by molar-refractivity contribution is 8.00. The van der Waals surface area contributed by atoms with Crippen LogP contribution in [-0.2, 0) is 6.42 Å². The largest absolute Gasteiger partial charge is 0.478 e. The van der Waals surface area contributed by atoms with Crippen molar-refractivity contribution >= 4 is 23.6 Å². The molecule has 96 valence electrons. The second-order valence-corrected chi connectivity index (χ2v) is 5.50. The molecule has 3 rings (SSSR count). The van der Waals surface area contributed by atoms with Crippen LogP contribution in [0.1, 0.15) is 15.9 Å². The molecular weight excluding hydrogens is 258 g/mol. The second-order valence-electron chi connectivity index (χ2n) is 4.41. The summed E-state index contributed by atoms with van der Waals surface area (Å²) in [5.74, 6) is -0.864. The van der Waals surface area contributed by atoms with Crippen molar-refractivity contribution in [2.45, 2.75) is 11.3 Å². The molecule has 0 atom stereocenters. The molecule has 1 aliphatic heterocycles. The first kappa shape index (κ1) is 12.1. The topological polar surface area (TPSA) is 40.5 Å². The number of hydrogen-bond acceptors (Lipinski definition) is 3. The summed E-state index contributed by atoms with van der Waals surface area (Å²) < 4.78 is 2.22. The predicted octanol–water partition coefficient (Wildman–Crippen LogP) is 3.45. The van der Waals surface area contributed by atoms with Gasteiger partial charge in [0.05, 0.1) is 11.3 Å². The Morgan fingerprint density at radius 3 is 2.68 bits per heavy atom. The highest BCUT2D eigenvalue weighted by atomic mass is 32.2. The number of benzene rings is 2. The Bertz CT molecular complexity index is 613. The van der Waals surface area contributed by atoms with Gasteiger partial charge in [-0.05, 0) is 54.3 Å². The van der Waals surface area contributed by atoms with Crippen molar-refractivity contribution < 1.29 is 9.90 Å². The fraction of sp³-hybridized carbons (Fsp3) is 0.133. The van der Waals surface area contributed by atoms with Gasteiger partial charge in [-0.25, -0.2) is 4.79 Å². The van der Waals surface area contributed by atoms with Crippen LogP contribution in [0, 0.1) is 0 Å². The summed E-state index contributed by atoms with van der Waals surface area (Å²) in [5, 5.41) is 9.00. The summed E-state index contributed by atoms with van der Waals surface area (Å²) in [6.07, 6.45) is 0.899. The third kappa shape index (κ3) is 2.44. The normalized spacial score (nSPS) is 13.4. The van der Waals surface area contributed by atoms with E-state index in [4.69, 9.17) is 5.11 Å². The third-order valence-electron chi connectivity index (χ3n) is 3.14. The fourth-order valence-corrected chi connectivity index (χ4v) is 3.20. The lowest BCUT2D eigenvalue weighted by Crippen LogP contribution is -2.09. The van der Waals surface area contributed by atoms with Gasteiger partial charge in [0.25, 0.3) is 0 Å². The van der Waals surface area contributed by atoms with E-state index in [0.717, 1.165) is 24.2 Å². The maximum absolute atomic E-state index is 11.0. The smallest absolute Gasteiger partial charge is 0.335 e. The van der Waals surface area contributed by atoms with Crippen LogP contribution in [0.15, 0.2) is 53.4 Å². The summed E-state index contributed by atoms with van der Waals surface area (Å²) in [6.45, 7) is 0.915. The molecule has 2 aromatic carbocycles. The Balaban J connectivity index is 1.84. The lowest BCUT2D eigenvalue weighted by atomic mass is 10.1. The van der Waals surface area contributed by atoms with Crippen molar-refractivity contribution in [2.24, 2.45) is 0 Å². The molecule has 0 saturated carbocycles. The molecule has 0 radical (unpaired) electrons. The van der Waals surface area contributed by atoms with Gasteiger partial charge in [0.2, 0.25) is 0 Å². The summed E-state index contributed by atoms with van der Waals surface area (Å²) in [4.78, 5) is 12.1. The van der Waals surface area contributed by atoms with E-state index in [0.29, 0.717) is 5.56 Å². The van der Waals surface area contributed by atoms with Crippen LogP contribution in [0.25, 0.3) is 0 Å². The minimum atomic E-state index is -0.864. The van der Waals surface area contributed by atoms with E-state index in [1.807, 2.05) is 24.3 Å². The molecule has 2 aromatic rings. The van der Waals surface area contributed by atoms with E-state index in [1.54, 1.807) is 24.1 Å². The lowest BCUT2D eigenvalue weighted by molar-refractivity contribution is 0.0697. The van der Waals surface area contributed by atoms with Gasteiger partial charge >= 0.3 is 5.97 Å². The first-order valence-electron chi connectivity index (χ1n) is 6.11. The van der Waals surface area contributed by atoms with Crippen LogP contribution in [0.5, 0.6) is 0 Å². The number of nitrogens with zero attached hydrogens (tertiary/aromatic N) is 1. The van der Waals surface area contributed by atoms with Crippen molar-refractivity contribution in [1.29, 1.82) is 0 Å². The number of rotatable bonds is 3. The Labute approximate surface area is 116 Å². The number of carboxylic acids is 1. The lowest BCUT2D eigenvalue weighted by Gasteiger charge is -2.17. The van der Waals surface area contributed by atoms with Crippen LogP contribution < -0.4 is 4.31 Å². The highest BCUT2D eigenvalue weighted by Crippen LogP contribution is 2.36. The molecule has 0 fully saturated rings. The van der Waals surface area contributed by atoms with Crippen LogP contribution >= 0.6 is 11.9 Å². The molecule has 0 bridgehead atoms. The zero-order chi connectivity index (χ0) is 13.2. The monoisotopic (exact) mass is 271 g/mol. The third-order valence-corrected chi connectivity index (χ3v) is 4.22. The first-order chi connectivity index (χ1) is 9.24. The quantitative estimate of drug-likeness (QED) is 0.868. The summed E-state index contributed by atoms with van der Waals surface area (Å²) >= 11 is 1.69. The minimum absolute atomic E-state index is 0.366. The van der Waals surface area contributed by atoms with Crippen molar-refractivity contribution in [3.05, 3.63) is 59.7 Å². The van der Waals surface area contributed by atoms with Gasteiger partial charge in [-0.3, -0.25) is 0 Å². The Morgan fingerprint density at radius 2 is 1.95 bits per heavy atom. The molecule has 4 heteroatoms. The summed E-state index contributed by atoms with van der Waals surface area (Å²) in [7, 11) is 0. The maximum Gasteiger partial charge on any atom is 0.335 e. The zero-order valence-corrected chi connectivity index (χ0v) is 11.1. The standard InChI is InChI=1S/C15H13NO2S/c17-15(18)12-6-7-14-11(10-12)8-9-16(14)19-13-4-2-1-3-5-13/h1-7,10H,8-9H2,(H,17,18). The van der Waals surface area contributed by atoms with E-state index < -0.39 is 5.97 Å². The number of carboxylic acid groups (broad SMARTS) is 1. The highest BCUT2D eigenvalue weighted by Gasteiger charge is 2.21. The van der Waals surface area contributed by atoms with Crippen molar-refractivity contribution in [3.8, 4) is 0 Å². The van der Waals surface area contributed by atoms with E-state index in [-0.39, 0.29) is 0 Å². The molecule has 0 aliphatic carbocycles. The van der Waals surface area contributed by atoms with Crippen molar-refractivity contribution in [1.82, 2.24) is 0 Å². The summed E-state index contributed by atoms with van der Waals surface area (Å²) in [6, 6.07) is 15.6. The molecule has 1 N–H and O–H groups in total. The zero-order valence-electron chi connectivity index (χ0n) is 10.2. The van der Waals surface area contributed by atoms with E-state index >= 15 is 0 Å². The first-order valence-corrected chi connectivity index (χ1v) is 6.88. The molecule has 19 heavy (non-hydrogen) atoms. The van der Waals surface area contributed by atoms with Gasteiger partial charge in [0, 0.05) is 11.4 Å². The molecule has 1 heterocycles. The average Bonchev–Trinajstić information content (AvgIpc) is 2.82. The number of anilines is 1. The van der Waals surface area contributed by atoms with Crippen molar-refractivity contribution in [3.63, 3.8) is 0 Å². The predicted molar refractivity (Wildman–Crippen MR) is 76.8 cm³/mol. The number of carbonyl (C=O) groups is 1. The number of hydrogen-bond donors (Lipinski definition) is 1. The molecule has 0 saturated heterocycles. The summed E-state index contributed by atoms with van der Waals surface area (Å²) in [5.41, 5.74) is 2.60. The van der Waals surface area contributed by atoms with Crippen LogP contribution in [-0.4, -0.2) is 17.6 Å². The van der Waals surface area contributed by atoms with Gasteiger partial charge in [-0.2, -0.15) is 0 Å². The fourth-order valence-electron chi connectivity index (χ4n) is 2.21. The number of fused-ring (bicyclic) bond motifs is 1. The van der Waals surface area contributed by atoms with Crippen LogP contribution in [0.4, 0.5) is 5.69 Å². The molecule has 0 aromatic heterocycles. The second kappa shape index (κ2) is 4.97. The van der Waals surface area contributed by atoms with Crippen LogP contribution in [0.2, 0.25) is 0 Å². The van der Waals surface area contributed by atoms with Gasteiger partial charge in [-0.15, -0.1) is 0 Å². The van der Waals surface area contributed by atoms with E-state index in [1.165, 1.54) is 4.90 Å². The molecular formula is C15H13NO2S. The maximum atomic E-state index is 11.0. The SMILES string of the molecule is O=C(O)c1ccc2c(c1)CCN2Sc1ccccc1. The van der Waals surface area contributed by atoms with Gasteiger partial charge in [0.1, 0.15) is 0 Å². The Hall–Kier alpha value is -1.94. The van der Waals surface area contributed by atoms with Gasteiger partial charge in [0.15, 0.2) is 0 Å². The van der Waals surface area contributed by atoms with E-state index in [9.17, 15) is 4.79 Å². The molecule has 0 amide bonds. The molecule has 0 unspecified atom stereocenters. The number of aromatic carboxylic acids is 1. The van der Waals surface area contributed by atoms with Crippen LogP contribution in [0.3, 0.4) is 0 Å². The van der Waals surface area contributed by atoms with E-state index in [2.05, 4.69) is 16.4 Å². The van der Waals surface area contributed by atoms with Gasteiger partial charge < -0.3 is 9.41 Å². The van der Waals surface area contributed by atoms with Gasteiger partial charge in [-0.1, -0.05) is 18.2 Å². The minimum Gasteiger partial charge on any atom is -0.478 e. The molecule has 1 aliphatic rings.